The second-order valence-electron chi connectivity index (χ2n) is 5.92. The zero-order chi connectivity index (χ0) is 18.8. The number of benzene rings is 2. The summed E-state index contributed by atoms with van der Waals surface area (Å²) in [5.41, 5.74) is 14.3. The normalized spacial score (nSPS) is 13.3. The average molecular weight is 351 g/mol. The van der Waals surface area contributed by atoms with Crippen molar-refractivity contribution in [2.45, 2.75) is 6.61 Å². The van der Waals surface area contributed by atoms with E-state index in [2.05, 4.69) is 0 Å². The van der Waals surface area contributed by atoms with Crippen molar-refractivity contribution in [2.75, 3.05) is 18.5 Å². The van der Waals surface area contributed by atoms with Gasteiger partial charge >= 0.3 is 5.97 Å². The number of hydrogen-bond acceptors (Lipinski definition) is 6. The smallest absolute Gasteiger partial charge is 0.331 e. The number of imide groups is 1. The number of nitrogen functional groups attached to an aromatic ring is 2. The fourth-order valence-corrected chi connectivity index (χ4v) is 2.68. The van der Waals surface area contributed by atoms with Gasteiger partial charge < -0.3 is 16.2 Å². The molecule has 7 heteroatoms. The number of amides is 2. The zero-order valence-electron chi connectivity index (χ0n) is 14.1. The van der Waals surface area contributed by atoms with Crippen molar-refractivity contribution in [3.63, 3.8) is 0 Å². The molecule has 1 aliphatic heterocycles. The largest absolute Gasteiger partial charge is 0.458 e. The van der Waals surface area contributed by atoms with Crippen LogP contribution in [-0.2, 0) is 16.1 Å². The molecule has 0 spiro atoms. The van der Waals surface area contributed by atoms with Crippen LogP contribution in [0.15, 0.2) is 42.5 Å². The highest BCUT2D eigenvalue weighted by molar-refractivity contribution is 6.21. The molecule has 7 nitrogen and oxygen atoms in total. The van der Waals surface area contributed by atoms with E-state index in [9.17, 15) is 14.4 Å². The molecule has 1 heterocycles. The number of rotatable bonds is 4. The predicted molar refractivity (Wildman–Crippen MR) is 97.0 cm³/mol. The second-order valence-corrected chi connectivity index (χ2v) is 5.92. The van der Waals surface area contributed by atoms with Gasteiger partial charge in [-0.1, -0.05) is 6.07 Å². The van der Waals surface area contributed by atoms with E-state index in [-0.39, 0.29) is 18.4 Å². The van der Waals surface area contributed by atoms with Gasteiger partial charge in [0.25, 0.3) is 11.8 Å². The fourth-order valence-electron chi connectivity index (χ4n) is 2.68. The van der Waals surface area contributed by atoms with E-state index in [1.165, 1.54) is 19.2 Å². The highest BCUT2D eigenvalue weighted by atomic mass is 16.5. The number of anilines is 2. The lowest BCUT2D eigenvalue weighted by atomic mass is 10.1. The first-order valence-corrected chi connectivity index (χ1v) is 7.81. The maximum absolute atomic E-state index is 12.0. The highest BCUT2D eigenvalue weighted by Gasteiger charge is 2.32. The van der Waals surface area contributed by atoms with Crippen LogP contribution in [0.5, 0.6) is 0 Å². The number of carbonyl (C=O) groups is 3. The van der Waals surface area contributed by atoms with Crippen LogP contribution in [0.1, 0.15) is 31.8 Å². The van der Waals surface area contributed by atoms with Gasteiger partial charge in [-0.3, -0.25) is 14.5 Å². The second kappa shape index (κ2) is 6.72. The minimum absolute atomic E-state index is 0.0420. The van der Waals surface area contributed by atoms with E-state index in [1.54, 1.807) is 36.4 Å². The summed E-state index contributed by atoms with van der Waals surface area (Å²) in [6, 6.07) is 9.76. The lowest BCUT2D eigenvalue weighted by molar-refractivity contribution is -0.138. The Bertz CT molecular complexity index is 930. The van der Waals surface area contributed by atoms with Crippen LogP contribution >= 0.6 is 0 Å². The quantitative estimate of drug-likeness (QED) is 0.376. The van der Waals surface area contributed by atoms with E-state index < -0.39 is 5.97 Å². The van der Waals surface area contributed by atoms with Gasteiger partial charge in [0.2, 0.25) is 0 Å². The standard InChI is InChI=1S/C19H17N3O4/c1-22-18(24)15-4-2-11(8-16(15)19(22)25)3-5-17(23)26-10-12-6-13(20)9-14(21)7-12/h2-9H,10,20-21H2,1H3/b5-3+. The van der Waals surface area contributed by atoms with Crippen LogP contribution in [0.3, 0.4) is 0 Å². The Morgan fingerprint density at radius 2 is 1.69 bits per heavy atom. The minimum atomic E-state index is -0.550. The number of carbonyl (C=O) groups excluding carboxylic acids is 3. The number of esters is 1. The molecule has 1 aliphatic rings. The van der Waals surface area contributed by atoms with Crippen LogP contribution in [0.25, 0.3) is 6.08 Å². The van der Waals surface area contributed by atoms with Crippen LogP contribution in [0, 0.1) is 0 Å². The molecule has 0 aromatic heterocycles. The van der Waals surface area contributed by atoms with Crippen LogP contribution in [0.2, 0.25) is 0 Å². The Balaban J connectivity index is 1.66. The Morgan fingerprint density at radius 3 is 2.38 bits per heavy atom. The van der Waals surface area contributed by atoms with Crippen molar-refractivity contribution < 1.29 is 19.1 Å². The lowest BCUT2D eigenvalue weighted by Gasteiger charge is -2.05. The van der Waals surface area contributed by atoms with E-state index in [0.29, 0.717) is 33.6 Å². The number of hydrogen-bond donors (Lipinski definition) is 2. The Labute approximate surface area is 149 Å². The van der Waals surface area contributed by atoms with Gasteiger partial charge in [0.15, 0.2) is 0 Å². The van der Waals surface area contributed by atoms with Crippen LogP contribution < -0.4 is 11.5 Å². The molecule has 0 bridgehead atoms. The molecule has 0 unspecified atom stereocenters. The summed E-state index contributed by atoms with van der Waals surface area (Å²) in [6.07, 6.45) is 2.77. The van der Waals surface area contributed by atoms with Gasteiger partial charge in [-0.25, -0.2) is 4.79 Å². The minimum Gasteiger partial charge on any atom is -0.458 e. The van der Waals surface area contributed by atoms with E-state index in [4.69, 9.17) is 16.2 Å². The predicted octanol–water partition coefficient (Wildman–Crippen LogP) is 1.83. The summed E-state index contributed by atoms with van der Waals surface area (Å²) >= 11 is 0. The topological polar surface area (TPSA) is 116 Å². The van der Waals surface area contributed by atoms with Crippen molar-refractivity contribution in [1.82, 2.24) is 4.90 Å². The monoisotopic (exact) mass is 351 g/mol. The van der Waals surface area contributed by atoms with E-state index in [0.717, 1.165) is 4.90 Å². The third kappa shape index (κ3) is 3.41. The zero-order valence-corrected chi connectivity index (χ0v) is 14.1. The number of fused-ring (bicyclic) bond motifs is 1. The maximum atomic E-state index is 12.0. The van der Waals surface area contributed by atoms with E-state index in [1.807, 2.05) is 0 Å². The maximum Gasteiger partial charge on any atom is 0.331 e. The summed E-state index contributed by atoms with van der Waals surface area (Å²) in [5, 5.41) is 0. The van der Waals surface area contributed by atoms with Crippen LogP contribution in [-0.4, -0.2) is 29.7 Å². The molecule has 0 radical (unpaired) electrons. The van der Waals surface area contributed by atoms with Crippen molar-refractivity contribution in [1.29, 1.82) is 0 Å². The van der Waals surface area contributed by atoms with Crippen LogP contribution in [0.4, 0.5) is 11.4 Å². The molecule has 3 rings (SSSR count). The van der Waals surface area contributed by atoms with Gasteiger partial charge in [-0.05, 0) is 47.5 Å². The summed E-state index contributed by atoms with van der Waals surface area (Å²) in [5.74, 6) is -1.24. The molecule has 2 aromatic carbocycles. The Hall–Kier alpha value is -3.61. The third-order valence-electron chi connectivity index (χ3n) is 3.94. The molecule has 0 saturated carbocycles. The summed E-state index contributed by atoms with van der Waals surface area (Å²) < 4.78 is 5.14. The SMILES string of the molecule is CN1C(=O)c2ccc(/C=C/C(=O)OCc3cc(N)cc(N)c3)cc2C1=O. The third-order valence-corrected chi connectivity index (χ3v) is 3.94. The molecule has 0 aliphatic carbocycles. The number of nitrogens with zero attached hydrogens (tertiary/aromatic N) is 1. The average Bonchev–Trinajstić information content (AvgIpc) is 2.81. The van der Waals surface area contributed by atoms with E-state index >= 15 is 0 Å². The lowest BCUT2D eigenvalue weighted by Crippen LogP contribution is -2.24. The Morgan fingerprint density at radius 1 is 1.04 bits per heavy atom. The first-order valence-electron chi connectivity index (χ1n) is 7.81. The van der Waals surface area contributed by atoms with Crippen molar-refractivity contribution in [2.24, 2.45) is 0 Å². The molecule has 0 fully saturated rings. The first-order chi connectivity index (χ1) is 12.3. The van der Waals surface area contributed by atoms with Gasteiger partial charge in [-0.15, -0.1) is 0 Å². The van der Waals surface area contributed by atoms with Gasteiger partial charge in [0.1, 0.15) is 6.61 Å². The van der Waals surface area contributed by atoms with Crippen molar-refractivity contribution in [3.8, 4) is 0 Å². The van der Waals surface area contributed by atoms with Crippen molar-refractivity contribution >= 4 is 35.2 Å². The van der Waals surface area contributed by atoms with Gasteiger partial charge in [0, 0.05) is 24.5 Å². The Kier molecular flexibility index (Phi) is 4.45. The molecular formula is C19H17N3O4. The summed E-state index contributed by atoms with van der Waals surface area (Å²) in [7, 11) is 1.43. The molecular weight excluding hydrogens is 334 g/mol. The molecule has 0 saturated heterocycles. The first kappa shape index (κ1) is 17.2. The molecule has 26 heavy (non-hydrogen) atoms. The highest BCUT2D eigenvalue weighted by Crippen LogP contribution is 2.23. The summed E-state index contributed by atoms with van der Waals surface area (Å²) in [6.45, 7) is 0.0420. The molecule has 132 valence electrons. The van der Waals surface area contributed by atoms with Crippen molar-refractivity contribution in [3.05, 3.63) is 64.7 Å². The van der Waals surface area contributed by atoms with Gasteiger partial charge in [-0.2, -0.15) is 0 Å². The summed E-state index contributed by atoms with van der Waals surface area (Å²) in [4.78, 5) is 36.7. The fraction of sp³-hybridized carbons (Fsp3) is 0.105. The molecule has 2 amide bonds. The molecule has 2 aromatic rings. The number of ether oxygens (including phenoxy) is 1. The van der Waals surface area contributed by atoms with Gasteiger partial charge in [0.05, 0.1) is 11.1 Å². The number of nitrogens with two attached hydrogens (primary N) is 2. The molecule has 4 N–H and O–H groups in total. The molecule has 0 atom stereocenters.